The van der Waals surface area contributed by atoms with E-state index in [1.165, 1.54) is 34.3 Å². The molecule has 0 spiro atoms. The van der Waals surface area contributed by atoms with E-state index in [1.54, 1.807) is 4.68 Å². The van der Waals surface area contributed by atoms with Gasteiger partial charge in [-0.05, 0) is 60.0 Å². The molecule has 0 aliphatic carbocycles. The molecule has 0 bridgehead atoms. The molecule has 3 aromatic rings. The number of nitrogens with zero attached hydrogens (tertiary/aromatic N) is 5. The third-order valence-corrected chi connectivity index (χ3v) is 8.18. The standard InChI is InChI=1S/C20H21ClN6O3S2/c1-14-6-2-3-7-18(14)27-20(23-24-25-27)31-13-19(28)22-17-12-15(8-9-16(17)21)32(29,30)26-10-4-5-11-26/h2-3,6-9,12H,4-5,10-11,13H2,1H3,(H,22,28). The molecule has 1 aromatic heterocycles. The molecule has 1 saturated heterocycles. The lowest BCUT2D eigenvalue weighted by molar-refractivity contribution is -0.113. The van der Waals surface area contributed by atoms with Crippen LogP contribution in [-0.2, 0) is 14.8 Å². The molecule has 1 fully saturated rings. The Morgan fingerprint density at radius 2 is 1.94 bits per heavy atom. The van der Waals surface area contributed by atoms with E-state index in [1.807, 2.05) is 31.2 Å². The number of anilines is 1. The van der Waals surface area contributed by atoms with Crippen molar-refractivity contribution in [1.82, 2.24) is 24.5 Å². The van der Waals surface area contributed by atoms with Crippen LogP contribution in [0.1, 0.15) is 18.4 Å². The third kappa shape index (κ3) is 4.80. The van der Waals surface area contributed by atoms with Crippen molar-refractivity contribution < 1.29 is 13.2 Å². The molecule has 2 aromatic carbocycles. The van der Waals surface area contributed by atoms with Crippen LogP contribution in [-0.4, -0.2) is 57.7 Å². The zero-order chi connectivity index (χ0) is 22.7. The smallest absolute Gasteiger partial charge is 0.243 e. The zero-order valence-electron chi connectivity index (χ0n) is 17.2. The summed E-state index contributed by atoms with van der Waals surface area (Å²) in [7, 11) is -3.61. The van der Waals surface area contributed by atoms with Gasteiger partial charge in [0.25, 0.3) is 0 Å². The van der Waals surface area contributed by atoms with E-state index >= 15 is 0 Å². The molecule has 1 amide bonds. The largest absolute Gasteiger partial charge is 0.324 e. The number of sulfonamides is 1. The molecule has 0 atom stereocenters. The van der Waals surface area contributed by atoms with Crippen molar-refractivity contribution >= 4 is 45.0 Å². The lowest BCUT2D eigenvalue weighted by Crippen LogP contribution is -2.28. The number of carbonyl (C=O) groups excluding carboxylic acids is 1. The van der Waals surface area contributed by atoms with Crippen molar-refractivity contribution in [2.75, 3.05) is 24.2 Å². The minimum atomic E-state index is -3.61. The number of carbonyl (C=O) groups is 1. The molecule has 2 heterocycles. The molecule has 0 unspecified atom stereocenters. The maximum atomic E-state index is 12.8. The molecule has 12 heteroatoms. The van der Waals surface area contributed by atoms with Gasteiger partial charge in [0.15, 0.2) is 0 Å². The normalized spacial score (nSPS) is 14.6. The summed E-state index contributed by atoms with van der Waals surface area (Å²) in [6.45, 7) is 2.95. The highest BCUT2D eigenvalue weighted by Crippen LogP contribution is 2.29. The molecule has 0 radical (unpaired) electrons. The molecule has 4 rings (SSSR count). The van der Waals surface area contributed by atoms with E-state index in [9.17, 15) is 13.2 Å². The van der Waals surface area contributed by atoms with E-state index in [-0.39, 0.29) is 27.3 Å². The van der Waals surface area contributed by atoms with Crippen LogP contribution in [0.25, 0.3) is 5.69 Å². The second-order valence-electron chi connectivity index (χ2n) is 7.25. The maximum Gasteiger partial charge on any atom is 0.243 e. The average Bonchev–Trinajstić information content (AvgIpc) is 3.47. The number of benzene rings is 2. The fraction of sp³-hybridized carbons (Fsp3) is 0.300. The first-order chi connectivity index (χ1) is 15.4. The Morgan fingerprint density at radius 3 is 2.69 bits per heavy atom. The quantitative estimate of drug-likeness (QED) is 0.504. The molecule has 1 N–H and O–H groups in total. The van der Waals surface area contributed by atoms with Crippen LogP contribution in [0.5, 0.6) is 0 Å². The van der Waals surface area contributed by atoms with Gasteiger partial charge in [0, 0.05) is 13.1 Å². The van der Waals surface area contributed by atoms with Crippen LogP contribution in [0.2, 0.25) is 5.02 Å². The van der Waals surface area contributed by atoms with Gasteiger partial charge in [-0.15, -0.1) is 5.10 Å². The summed E-state index contributed by atoms with van der Waals surface area (Å²) in [6.07, 6.45) is 1.69. The van der Waals surface area contributed by atoms with Crippen molar-refractivity contribution in [3.8, 4) is 5.69 Å². The fourth-order valence-corrected chi connectivity index (χ4v) is 5.77. The van der Waals surface area contributed by atoms with Crippen molar-refractivity contribution in [3.05, 3.63) is 53.1 Å². The van der Waals surface area contributed by atoms with Crippen molar-refractivity contribution in [1.29, 1.82) is 0 Å². The topological polar surface area (TPSA) is 110 Å². The number of amides is 1. The lowest BCUT2D eigenvalue weighted by atomic mass is 10.2. The number of para-hydroxylation sites is 1. The zero-order valence-corrected chi connectivity index (χ0v) is 19.6. The van der Waals surface area contributed by atoms with Crippen LogP contribution < -0.4 is 5.32 Å². The van der Waals surface area contributed by atoms with E-state index < -0.39 is 10.0 Å². The van der Waals surface area contributed by atoms with Crippen LogP contribution in [0.3, 0.4) is 0 Å². The Bertz CT molecular complexity index is 1240. The van der Waals surface area contributed by atoms with Crippen LogP contribution in [0.15, 0.2) is 52.5 Å². The summed E-state index contributed by atoms with van der Waals surface area (Å²) in [5.74, 6) is -0.335. The van der Waals surface area contributed by atoms with Gasteiger partial charge < -0.3 is 5.32 Å². The Morgan fingerprint density at radius 1 is 1.19 bits per heavy atom. The number of aryl methyl sites for hydroxylation is 1. The number of hydrogen-bond donors (Lipinski definition) is 1. The summed E-state index contributed by atoms with van der Waals surface area (Å²) < 4.78 is 28.6. The minimum absolute atomic E-state index is 0.0195. The lowest BCUT2D eigenvalue weighted by Gasteiger charge is -2.16. The molecule has 168 valence electrons. The summed E-state index contributed by atoms with van der Waals surface area (Å²) in [6, 6.07) is 12.0. The highest BCUT2D eigenvalue weighted by atomic mass is 35.5. The van der Waals surface area contributed by atoms with E-state index in [0.29, 0.717) is 18.2 Å². The number of rotatable bonds is 7. The maximum absolute atomic E-state index is 12.8. The van der Waals surface area contributed by atoms with Gasteiger partial charge in [0.1, 0.15) is 0 Å². The van der Waals surface area contributed by atoms with Gasteiger partial charge in [-0.2, -0.15) is 8.99 Å². The molecule has 32 heavy (non-hydrogen) atoms. The SMILES string of the molecule is Cc1ccccc1-n1nnnc1SCC(=O)Nc1cc(S(=O)(=O)N2CCCC2)ccc1Cl. The number of aromatic nitrogens is 4. The monoisotopic (exact) mass is 492 g/mol. The van der Waals surface area contributed by atoms with E-state index in [0.717, 1.165) is 24.1 Å². The average molecular weight is 493 g/mol. The summed E-state index contributed by atoms with van der Waals surface area (Å²) in [4.78, 5) is 12.7. The van der Waals surface area contributed by atoms with Crippen LogP contribution in [0.4, 0.5) is 5.69 Å². The number of tetrazole rings is 1. The summed E-state index contributed by atoms with van der Waals surface area (Å²) >= 11 is 7.37. The molecule has 0 saturated carbocycles. The summed E-state index contributed by atoms with van der Waals surface area (Å²) in [5, 5.41) is 15.1. The molecule has 9 nitrogen and oxygen atoms in total. The first-order valence-corrected chi connectivity index (χ1v) is 12.7. The van der Waals surface area contributed by atoms with E-state index in [4.69, 9.17) is 11.6 Å². The fourth-order valence-electron chi connectivity index (χ4n) is 3.38. The minimum Gasteiger partial charge on any atom is -0.324 e. The molecule has 1 aliphatic rings. The van der Waals surface area contributed by atoms with Crippen molar-refractivity contribution in [3.63, 3.8) is 0 Å². The number of nitrogens with one attached hydrogen (secondary N) is 1. The highest BCUT2D eigenvalue weighted by molar-refractivity contribution is 7.99. The number of hydrogen-bond acceptors (Lipinski definition) is 7. The predicted molar refractivity (Wildman–Crippen MR) is 123 cm³/mol. The Kier molecular flexibility index (Phi) is 6.79. The van der Waals surface area contributed by atoms with Gasteiger partial charge >= 0.3 is 0 Å². The number of halogens is 1. The van der Waals surface area contributed by atoms with E-state index in [2.05, 4.69) is 20.8 Å². The van der Waals surface area contributed by atoms with Crippen LogP contribution in [0, 0.1) is 6.92 Å². The van der Waals surface area contributed by atoms with Crippen molar-refractivity contribution in [2.24, 2.45) is 0 Å². The van der Waals surface area contributed by atoms with Gasteiger partial charge in [-0.1, -0.05) is 41.6 Å². The second kappa shape index (κ2) is 9.57. The van der Waals surface area contributed by atoms with Gasteiger partial charge in [-0.3, -0.25) is 4.79 Å². The Balaban J connectivity index is 1.46. The first-order valence-electron chi connectivity index (χ1n) is 9.93. The molecular weight excluding hydrogens is 472 g/mol. The Labute approximate surface area is 195 Å². The molecule has 1 aliphatic heterocycles. The van der Waals surface area contributed by atoms with Crippen molar-refractivity contribution in [2.45, 2.75) is 29.8 Å². The highest BCUT2D eigenvalue weighted by Gasteiger charge is 2.27. The van der Waals surface area contributed by atoms with Gasteiger partial charge in [-0.25, -0.2) is 8.42 Å². The molecular formula is C20H21ClN6O3S2. The third-order valence-electron chi connectivity index (χ3n) is 5.03. The van der Waals surface area contributed by atoms with Gasteiger partial charge in [0.2, 0.25) is 21.1 Å². The number of thioether (sulfide) groups is 1. The summed E-state index contributed by atoms with van der Waals surface area (Å²) in [5.41, 5.74) is 2.06. The first kappa shape index (κ1) is 22.7. The Hall–Kier alpha value is -2.47. The predicted octanol–water partition coefficient (Wildman–Crippen LogP) is 3.14. The second-order valence-corrected chi connectivity index (χ2v) is 10.5. The van der Waals surface area contributed by atoms with Gasteiger partial charge in [0.05, 0.1) is 27.0 Å². The van der Waals surface area contributed by atoms with Crippen LogP contribution >= 0.6 is 23.4 Å².